The Labute approximate surface area is 162 Å². The number of carbonyl (C=O) groups is 1. The van der Waals surface area contributed by atoms with Crippen LogP contribution in [-0.2, 0) is 6.54 Å². The number of hydrogen-bond acceptors (Lipinski definition) is 4. The first-order chi connectivity index (χ1) is 13.6. The second-order valence-corrected chi connectivity index (χ2v) is 6.59. The number of benzene rings is 2. The summed E-state index contributed by atoms with van der Waals surface area (Å²) >= 11 is 0. The van der Waals surface area contributed by atoms with Crippen LogP contribution in [0, 0.1) is 13.8 Å². The number of rotatable bonds is 5. The van der Waals surface area contributed by atoms with Gasteiger partial charge >= 0.3 is 0 Å². The monoisotopic (exact) mass is 372 g/mol. The highest BCUT2D eigenvalue weighted by Crippen LogP contribution is 2.23. The van der Waals surface area contributed by atoms with E-state index in [4.69, 9.17) is 4.52 Å². The fraction of sp³-hybridized carbons (Fsp3) is 0.136. The van der Waals surface area contributed by atoms with Crippen molar-refractivity contribution in [3.8, 4) is 11.3 Å². The van der Waals surface area contributed by atoms with Crippen LogP contribution < -0.4 is 5.32 Å². The van der Waals surface area contributed by atoms with Crippen molar-refractivity contribution >= 4 is 11.6 Å². The number of aryl methyl sites for hydroxylation is 1. The van der Waals surface area contributed by atoms with Gasteiger partial charge in [0.15, 0.2) is 11.5 Å². The Kier molecular flexibility index (Phi) is 4.76. The van der Waals surface area contributed by atoms with Crippen molar-refractivity contribution in [3.63, 3.8) is 0 Å². The molecule has 0 saturated carbocycles. The lowest BCUT2D eigenvalue weighted by Gasteiger charge is -2.06. The van der Waals surface area contributed by atoms with Gasteiger partial charge in [0.05, 0.1) is 23.6 Å². The summed E-state index contributed by atoms with van der Waals surface area (Å²) in [5.74, 6) is 0.232. The van der Waals surface area contributed by atoms with Gasteiger partial charge in [-0.2, -0.15) is 5.10 Å². The van der Waals surface area contributed by atoms with Gasteiger partial charge in [0, 0.05) is 11.6 Å². The van der Waals surface area contributed by atoms with Gasteiger partial charge in [-0.05, 0) is 19.4 Å². The summed E-state index contributed by atoms with van der Waals surface area (Å²) in [6, 6.07) is 21.3. The molecule has 0 unspecified atom stereocenters. The number of hydrogen-bond donors (Lipinski definition) is 1. The van der Waals surface area contributed by atoms with Crippen molar-refractivity contribution in [1.82, 2.24) is 14.9 Å². The van der Waals surface area contributed by atoms with E-state index in [0.717, 1.165) is 22.5 Å². The molecule has 0 fully saturated rings. The van der Waals surface area contributed by atoms with Gasteiger partial charge in [-0.15, -0.1) is 0 Å². The van der Waals surface area contributed by atoms with Crippen LogP contribution in [0.1, 0.15) is 27.4 Å². The zero-order valence-electron chi connectivity index (χ0n) is 15.7. The summed E-state index contributed by atoms with van der Waals surface area (Å²) in [4.78, 5) is 12.7. The van der Waals surface area contributed by atoms with Crippen molar-refractivity contribution < 1.29 is 9.32 Å². The number of carbonyl (C=O) groups excluding carboxylic acids is 1. The second kappa shape index (κ2) is 7.52. The fourth-order valence-electron chi connectivity index (χ4n) is 3.09. The molecule has 6 nitrogen and oxygen atoms in total. The molecule has 0 bridgehead atoms. The molecule has 0 spiro atoms. The molecule has 4 aromatic rings. The summed E-state index contributed by atoms with van der Waals surface area (Å²) in [6.07, 6.45) is 0. The molecule has 0 saturated heterocycles. The van der Waals surface area contributed by atoms with Crippen LogP contribution in [0.2, 0.25) is 0 Å². The van der Waals surface area contributed by atoms with E-state index < -0.39 is 0 Å². The Balaban J connectivity index is 1.53. The van der Waals surface area contributed by atoms with E-state index in [9.17, 15) is 4.79 Å². The van der Waals surface area contributed by atoms with E-state index in [1.54, 1.807) is 6.07 Å². The van der Waals surface area contributed by atoms with Gasteiger partial charge in [0.2, 0.25) is 0 Å². The maximum absolute atomic E-state index is 12.7. The lowest BCUT2D eigenvalue weighted by molar-refractivity contribution is 0.101. The molecule has 4 rings (SSSR count). The Bertz CT molecular complexity index is 1100. The normalized spacial score (nSPS) is 10.8. The standard InChI is InChI=1S/C22H20N4O2/c1-15-21(16(2)26(24-15)14-17-9-5-3-6-10-17)23-22(27)19-13-20(28-25-19)18-11-7-4-8-12-18/h3-13H,14H2,1-2H3,(H,23,27). The Hall–Kier alpha value is -3.67. The van der Waals surface area contributed by atoms with Gasteiger partial charge in [0.25, 0.3) is 5.91 Å². The third kappa shape index (κ3) is 3.57. The van der Waals surface area contributed by atoms with Crippen LogP contribution in [0.5, 0.6) is 0 Å². The molecule has 0 aliphatic carbocycles. The summed E-state index contributed by atoms with van der Waals surface area (Å²) in [5.41, 5.74) is 4.60. The molecule has 0 aliphatic rings. The van der Waals surface area contributed by atoms with Crippen molar-refractivity contribution in [3.05, 3.63) is 89.4 Å². The van der Waals surface area contributed by atoms with Crippen molar-refractivity contribution in [2.45, 2.75) is 20.4 Å². The Morgan fingerprint density at radius 1 is 1.04 bits per heavy atom. The predicted molar refractivity (Wildman–Crippen MR) is 107 cm³/mol. The van der Waals surface area contributed by atoms with E-state index in [1.165, 1.54) is 0 Å². The van der Waals surface area contributed by atoms with Crippen LogP contribution in [0.15, 0.2) is 71.3 Å². The molecule has 0 atom stereocenters. The molecule has 2 heterocycles. The summed E-state index contributed by atoms with van der Waals surface area (Å²) in [5, 5.41) is 11.4. The van der Waals surface area contributed by atoms with Crippen molar-refractivity contribution in [2.24, 2.45) is 0 Å². The van der Waals surface area contributed by atoms with Crippen molar-refractivity contribution in [1.29, 1.82) is 0 Å². The second-order valence-electron chi connectivity index (χ2n) is 6.59. The first-order valence-electron chi connectivity index (χ1n) is 9.03. The van der Waals surface area contributed by atoms with Gasteiger partial charge in [-0.25, -0.2) is 0 Å². The van der Waals surface area contributed by atoms with Gasteiger partial charge in [-0.1, -0.05) is 65.8 Å². The first-order valence-corrected chi connectivity index (χ1v) is 9.03. The molecule has 140 valence electrons. The smallest absolute Gasteiger partial charge is 0.277 e. The largest absolute Gasteiger partial charge is 0.355 e. The molecule has 28 heavy (non-hydrogen) atoms. The molecule has 1 amide bonds. The van der Waals surface area contributed by atoms with E-state index >= 15 is 0 Å². The Morgan fingerprint density at radius 3 is 2.43 bits per heavy atom. The van der Waals surface area contributed by atoms with Crippen LogP contribution in [0.25, 0.3) is 11.3 Å². The minimum Gasteiger partial charge on any atom is -0.355 e. The summed E-state index contributed by atoms with van der Waals surface area (Å²) in [6.45, 7) is 4.46. The average Bonchev–Trinajstić information content (AvgIpc) is 3.31. The maximum Gasteiger partial charge on any atom is 0.277 e. The summed E-state index contributed by atoms with van der Waals surface area (Å²) in [7, 11) is 0. The molecule has 2 aromatic heterocycles. The van der Waals surface area contributed by atoms with Gasteiger partial charge < -0.3 is 9.84 Å². The topological polar surface area (TPSA) is 73.0 Å². The van der Waals surface area contributed by atoms with E-state index in [1.807, 2.05) is 67.1 Å². The van der Waals surface area contributed by atoms with Crippen LogP contribution >= 0.6 is 0 Å². The first kappa shape index (κ1) is 17.7. The highest BCUT2D eigenvalue weighted by molar-refractivity contribution is 6.03. The number of nitrogens with zero attached hydrogens (tertiary/aromatic N) is 3. The highest BCUT2D eigenvalue weighted by atomic mass is 16.5. The van der Waals surface area contributed by atoms with Crippen LogP contribution in [-0.4, -0.2) is 20.8 Å². The molecule has 6 heteroatoms. The molecule has 0 radical (unpaired) electrons. The average molecular weight is 372 g/mol. The van der Waals surface area contributed by atoms with Gasteiger partial charge in [0.1, 0.15) is 0 Å². The zero-order chi connectivity index (χ0) is 19.5. The van der Waals surface area contributed by atoms with Gasteiger partial charge in [-0.3, -0.25) is 9.48 Å². The molecular weight excluding hydrogens is 352 g/mol. The number of amides is 1. The predicted octanol–water partition coefficient (Wildman–Crippen LogP) is 4.46. The lowest BCUT2D eigenvalue weighted by atomic mass is 10.1. The SMILES string of the molecule is Cc1nn(Cc2ccccc2)c(C)c1NC(=O)c1cc(-c2ccccc2)on1. The molecular formula is C22H20N4O2. The zero-order valence-corrected chi connectivity index (χ0v) is 15.7. The quantitative estimate of drug-likeness (QED) is 0.561. The molecule has 0 aliphatic heterocycles. The molecule has 1 N–H and O–H groups in total. The third-order valence-electron chi connectivity index (χ3n) is 4.60. The van der Waals surface area contributed by atoms with Crippen molar-refractivity contribution in [2.75, 3.05) is 5.32 Å². The van der Waals surface area contributed by atoms with Crippen LogP contribution in [0.4, 0.5) is 5.69 Å². The van der Waals surface area contributed by atoms with E-state index in [-0.39, 0.29) is 11.6 Å². The number of anilines is 1. The third-order valence-corrected chi connectivity index (χ3v) is 4.60. The highest BCUT2D eigenvalue weighted by Gasteiger charge is 2.18. The Morgan fingerprint density at radius 2 is 1.71 bits per heavy atom. The van der Waals surface area contributed by atoms with Crippen LogP contribution in [0.3, 0.4) is 0 Å². The fourth-order valence-corrected chi connectivity index (χ4v) is 3.09. The number of nitrogens with one attached hydrogen (secondary N) is 1. The number of aromatic nitrogens is 3. The summed E-state index contributed by atoms with van der Waals surface area (Å²) < 4.78 is 7.21. The molecule has 2 aromatic carbocycles. The minimum atomic E-state index is -0.323. The minimum absolute atomic E-state index is 0.230. The lowest BCUT2D eigenvalue weighted by Crippen LogP contribution is -2.13. The van der Waals surface area contributed by atoms with E-state index in [0.29, 0.717) is 18.0 Å². The maximum atomic E-state index is 12.7. The van der Waals surface area contributed by atoms with E-state index in [2.05, 4.69) is 27.7 Å².